The molecule has 0 aliphatic carbocycles. The van der Waals surface area contributed by atoms with Crippen LogP contribution in [0, 0.1) is 0 Å². The van der Waals surface area contributed by atoms with Crippen LogP contribution in [0.4, 0.5) is 0 Å². The first-order chi connectivity index (χ1) is 10.3. The number of likely N-dealkylation sites (N-methyl/N-ethyl adjacent to an activating group) is 1. The van der Waals surface area contributed by atoms with Crippen molar-refractivity contribution in [1.82, 2.24) is 5.32 Å². The van der Waals surface area contributed by atoms with E-state index in [9.17, 15) is 0 Å². The smallest absolute Gasteiger partial charge is 0.0575 e. The van der Waals surface area contributed by atoms with Crippen molar-refractivity contribution in [3.05, 3.63) is 35.4 Å². The highest BCUT2D eigenvalue weighted by Crippen LogP contribution is 2.19. The predicted octanol–water partition coefficient (Wildman–Crippen LogP) is 4.12. The molecule has 1 aliphatic heterocycles. The van der Waals surface area contributed by atoms with Crippen LogP contribution < -0.4 is 5.32 Å². The molecular formula is C19H31NO. The van der Waals surface area contributed by atoms with E-state index in [0.717, 1.165) is 26.0 Å². The van der Waals surface area contributed by atoms with Crippen LogP contribution in [0.5, 0.6) is 0 Å². The molecule has 1 aliphatic rings. The lowest BCUT2D eigenvalue weighted by Crippen LogP contribution is -2.32. The number of benzene rings is 1. The molecule has 2 unspecified atom stereocenters. The zero-order valence-corrected chi connectivity index (χ0v) is 13.7. The van der Waals surface area contributed by atoms with E-state index in [-0.39, 0.29) is 0 Å². The molecule has 0 amide bonds. The summed E-state index contributed by atoms with van der Waals surface area (Å²) in [7, 11) is 0. The molecule has 1 N–H and O–H groups in total. The molecule has 1 aromatic carbocycles. The molecule has 2 nitrogen and oxygen atoms in total. The molecule has 118 valence electrons. The highest BCUT2D eigenvalue weighted by atomic mass is 16.5. The van der Waals surface area contributed by atoms with Crippen molar-refractivity contribution in [2.75, 3.05) is 13.2 Å². The fraction of sp³-hybridized carbons (Fsp3) is 0.684. The van der Waals surface area contributed by atoms with Gasteiger partial charge in [0, 0.05) is 12.6 Å². The van der Waals surface area contributed by atoms with E-state index >= 15 is 0 Å². The van der Waals surface area contributed by atoms with Crippen LogP contribution in [-0.4, -0.2) is 25.3 Å². The van der Waals surface area contributed by atoms with Gasteiger partial charge in [0.1, 0.15) is 0 Å². The van der Waals surface area contributed by atoms with E-state index < -0.39 is 0 Å². The Kier molecular flexibility index (Phi) is 7.25. The van der Waals surface area contributed by atoms with Gasteiger partial charge < -0.3 is 10.1 Å². The molecule has 0 aromatic heterocycles. The normalized spacial score (nSPS) is 20.4. The maximum absolute atomic E-state index is 5.86. The van der Waals surface area contributed by atoms with Gasteiger partial charge in [-0.05, 0) is 62.6 Å². The van der Waals surface area contributed by atoms with Gasteiger partial charge in [-0.1, -0.05) is 38.1 Å². The number of rotatable bonds is 8. The minimum Gasteiger partial charge on any atom is -0.378 e. The monoisotopic (exact) mass is 289 g/mol. The summed E-state index contributed by atoms with van der Waals surface area (Å²) in [5.74, 6) is 0. The zero-order valence-electron chi connectivity index (χ0n) is 13.7. The van der Waals surface area contributed by atoms with Crippen LogP contribution in [-0.2, 0) is 17.6 Å². The maximum Gasteiger partial charge on any atom is 0.0575 e. The van der Waals surface area contributed by atoms with Crippen molar-refractivity contribution in [2.45, 2.75) is 70.9 Å². The van der Waals surface area contributed by atoms with E-state index in [1.165, 1.54) is 43.2 Å². The summed E-state index contributed by atoms with van der Waals surface area (Å²) in [6, 6.07) is 9.69. The van der Waals surface area contributed by atoms with Gasteiger partial charge in [0.25, 0.3) is 0 Å². The Morgan fingerprint density at radius 3 is 2.52 bits per heavy atom. The fourth-order valence-electron chi connectivity index (χ4n) is 3.18. The largest absolute Gasteiger partial charge is 0.378 e. The Bertz CT molecular complexity index is 381. The predicted molar refractivity (Wildman–Crippen MR) is 89.8 cm³/mol. The van der Waals surface area contributed by atoms with Crippen molar-refractivity contribution < 1.29 is 4.74 Å². The standard InChI is InChI=1S/C19H31NO/c1-3-16-8-10-17(11-9-16)15-18(20-4-2)12-13-19-7-5-6-14-21-19/h8-11,18-20H,3-7,12-15H2,1-2H3. The van der Waals surface area contributed by atoms with Crippen molar-refractivity contribution in [1.29, 1.82) is 0 Å². The number of aryl methyl sites for hydroxylation is 1. The summed E-state index contributed by atoms with van der Waals surface area (Å²) >= 11 is 0. The molecule has 0 spiro atoms. The average Bonchev–Trinajstić information content (AvgIpc) is 2.54. The fourth-order valence-corrected chi connectivity index (χ4v) is 3.18. The Balaban J connectivity index is 1.82. The highest BCUT2D eigenvalue weighted by molar-refractivity contribution is 5.23. The van der Waals surface area contributed by atoms with Crippen molar-refractivity contribution in [2.24, 2.45) is 0 Å². The molecule has 2 rings (SSSR count). The minimum atomic E-state index is 0.502. The third-order valence-electron chi connectivity index (χ3n) is 4.52. The third-order valence-corrected chi connectivity index (χ3v) is 4.52. The van der Waals surface area contributed by atoms with Gasteiger partial charge >= 0.3 is 0 Å². The second-order valence-corrected chi connectivity index (χ2v) is 6.19. The molecule has 0 bridgehead atoms. The topological polar surface area (TPSA) is 21.3 Å². The summed E-state index contributed by atoms with van der Waals surface area (Å²) in [4.78, 5) is 0. The van der Waals surface area contributed by atoms with Gasteiger partial charge in [0.2, 0.25) is 0 Å². The molecule has 2 heteroatoms. The van der Waals surface area contributed by atoms with E-state index in [2.05, 4.69) is 43.4 Å². The lowest BCUT2D eigenvalue weighted by atomic mass is 9.97. The van der Waals surface area contributed by atoms with Gasteiger partial charge in [0.05, 0.1) is 6.10 Å². The van der Waals surface area contributed by atoms with Gasteiger partial charge in [-0.25, -0.2) is 0 Å². The van der Waals surface area contributed by atoms with Gasteiger partial charge in [0.15, 0.2) is 0 Å². The first kappa shape index (κ1) is 16.5. The van der Waals surface area contributed by atoms with E-state index in [1.807, 2.05) is 0 Å². The Hall–Kier alpha value is -0.860. The van der Waals surface area contributed by atoms with Crippen molar-refractivity contribution >= 4 is 0 Å². The van der Waals surface area contributed by atoms with Crippen LogP contribution in [0.25, 0.3) is 0 Å². The van der Waals surface area contributed by atoms with Crippen LogP contribution in [0.3, 0.4) is 0 Å². The molecule has 2 atom stereocenters. The first-order valence-corrected chi connectivity index (χ1v) is 8.74. The number of hydrogen-bond donors (Lipinski definition) is 1. The average molecular weight is 289 g/mol. The second-order valence-electron chi connectivity index (χ2n) is 6.19. The van der Waals surface area contributed by atoms with Gasteiger partial charge in [-0.2, -0.15) is 0 Å². The van der Waals surface area contributed by atoms with Gasteiger partial charge in [-0.3, -0.25) is 0 Å². The van der Waals surface area contributed by atoms with Crippen molar-refractivity contribution in [3.8, 4) is 0 Å². The first-order valence-electron chi connectivity index (χ1n) is 8.74. The third kappa shape index (κ3) is 5.80. The molecule has 0 saturated carbocycles. The number of hydrogen-bond acceptors (Lipinski definition) is 2. The molecule has 1 fully saturated rings. The molecule has 1 aromatic rings. The molecule has 1 heterocycles. The van der Waals surface area contributed by atoms with Crippen LogP contribution in [0.15, 0.2) is 24.3 Å². The lowest BCUT2D eigenvalue weighted by Gasteiger charge is -2.25. The van der Waals surface area contributed by atoms with Crippen LogP contribution >= 0.6 is 0 Å². The Morgan fingerprint density at radius 2 is 1.90 bits per heavy atom. The summed E-state index contributed by atoms with van der Waals surface area (Å²) < 4.78 is 5.86. The summed E-state index contributed by atoms with van der Waals surface area (Å²) in [5, 5.41) is 3.64. The molecule has 0 radical (unpaired) electrons. The minimum absolute atomic E-state index is 0.502. The quantitative estimate of drug-likeness (QED) is 0.777. The summed E-state index contributed by atoms with van der Waals surface area (Å²) in [5.41, 5.74) is 2.87. The lowest BCUT2D eigenvalue weighted by molar-refractivity contribution is 0.00860. The van der Waals surface area contributed by atoms with Gasteiger partial charge in [-0.15, -0.1) is 0 Å². The SMILES string of the molecule is CCNC(CCC1CCCCO1)Cc1ccc(CC)cc1. The van der Waals surface area contributed by atoms with Crippen LogP contribution in [0.2, 0.25) is 0 Å². The zero-order chi connectivity index (χ0) is 14.9. The van der Waals surface area contributed by atoms with E-state index in [1.54, 1.807) is 0 Å². The Morgan fingerprint density at radius 1 is 1.14 bits per heavy atom. The molecule has 21 heavy (non-hydrogen) atoms. The molecule has 1 saturated heterocycles. The van der Waals surface area contributed by atoms with E-state index in [0.29, 0.717) is 12.1 Å². The summed E-state index contributed by atoms with van der Waals surface area (Å²) in [6.07, 6.45) is 9.01. The number of nitrogens with one attached hydrogen (secondary N) is 1. The second kappa shape index (κ2) is 9.22. The number of ether oxygens (including phenoxy) is 1. The molecular weight excluding hydrogens is 258 g/mol. The Labute approximate surface area is 130 Å². The van der Waals surface area contributed by atoms with E-state index in [4.69, 9.17) is 4.74 Å². The van der Waals surface area contributed by atoms with Crippen molar-refractivity contribution in [3.63, 3.8) is 0 Å². The maximum atomic E-state index is 5.86. The summed E-state index contributed by atoms with van der Waals surface area (Å²) in [6.45, 7) is 6.42. The highest BCUT2D eigenvalue weighted by Gasteiger charge is 2.16. The van der Waals surface area contributed by atoms with Crippen LogP contribution in [0.1, 0.15) is 57.1 Å².